The van der Waals surface area contributed by atoms with Gasteiger partial charge in [-0.3, -0.25) is 0 Å². The van der Waals surface area contributed by atoms with Crippen LogP contribution in [0.1, 0.15) is 54.9 Å². The van der Waals surface area contributed by atoms with E-state index in [0.29, 0.717) is 11.1 Å². The molecule has 6 heteroatoms. The van der Waals surface area contributed by atoms with Crippen LogP contribution in [0.3, 0.4) is 0 Å². The number of rotatable bonds is 3. The van der Waals surface area contributed by atoms with Crippen LogP contribution in [0.25, 0.3) is 0 Å². The normalized spacial score (nSPS) is 9.00. The van der Waals surface area contributed by atoms with Gasteiger partial charge in [-0.2, -0.15) is 0 Å². The van der Waals surface area contributed by atoms with E-state index in [2.05, 4.69) is 27.7 Å². The summed E-state index contributed by atoms with van der Waals surface area (Å²) in [5.74, 6) is 0.204. The van der Waals surface area contributed by atoms with E-state index in [-0.39, 0.29) is 19.0 Å². The van der Waals surface area contributed by atoms with Gasteiger partial charge < -0.3 is 32.2 Å². The summed E-state index contributed by atoms with van der Waals surface area (Å²) in [6.07, 6.45) is 1.27. The van der Waals surface area contributed by atoms with Gasteiger partial charge in [0, 0.05) is 18.9 Å². The summed E-state index contributed by atoms with van der Waals surface area (Å²) in [6, 6.07) is 0. The Morgan fingerprint density at radius 3 is 1.14 bits per heavy atom. The van der Waals surface area contributed by atoms with Crippen molar-refractivity contribution in [3.05, 3.63) is 11.5 Å². The van der Waals surface area contributed by atoms with Gasteiger partial charge in [-0.1, -0.05) is 34.1 Å². The number of nitrogens with two attached hydrogens (primary N) is 3. The number of aliphatic hydroxyl groups is 2. The zero-order valence-corrected chi connectivity index (χ0v) is 15.1. The quantitative estimate of drug-likeness (QED) is 0.537. The number of hydrogen-bond donors (Lipinski definition) is 5. The van der Waals surface area contributed by atoms with Crippen molar-refractivity contribution >= 4 is 0 Å². The summed E-state index contributed by atoms with van der Waals surface area (Å²) < 4.78 is 4.83. The van der Waals surface area contributed by atoms with Crippen molar-refractivity contribution < 1.29 is 14.9 Å². The smallest absolute Gasteiger partial charge is 0.112 e. The molecule has 0 aromatic rings. The highest BCUT2D eigenvalue weighted by atomic mass is 16.5. The van der Waals surface area contributed by atoms with Crippen LogP contribution in [0.15, 0.2) is 11.5 Å². The molecular formula is C15H39N3O3. The molecule has 0 aromatic heterocycles. The molecule has 0 aliphatic carbocycles. The fourth-order valence-corrected chi connectivity index (χ4v) is 0.204. The molecule has 0 bridgehead atoms. The van der Waals surface area contributed by atoms with Crippen LogP contribution in [-0.4, -0.2) is 36.6 Å². The second-order valence-electron chi connectivity index (χ2n) is 5.28. The average Bonchev–Trinajstić information content (AvgIpc) is 2.40. The van der Waals surface area contributed by atoms with E-state index < -0.39 is 0 Å². The van der Waals surface area contributed by atoms with Crippen LogP contribution in [0, 0.1) is 5.41 Å². The van der Waals surface area contributed by atoms with Crippen LogP contribution < -0.4 is 17.2 Å². The Balaban J connectivity index is -0.0000000929. The lowest BCUT2D eigenvalue weighted by Crippen LogP contribution is -2.14. The SMILES string of the molecule is CC(N)=C(N)N.CCC(C)(C)C.CCOCC.OCCO. The lowest BCUT2D eigenvalue weighted by Gasteiger charge is -2.12. The third kappa shape index (κ3) is 67.7. The molecule has 0 saturated heterocycles. The maximum atomic E-state index is 7.62. The molecule has 8 N–H and O–H groups in total. The molecule has 6 nitrogen and oxygen atoms in total. The average molecular weight is 309 g/mol. The van der Waals surface area contributed by atoms with E-state index in [9.17, 15) is 0 Å². The standard InChI is InChI=1S/C6H14.C4H10O.C3H9N3.C2H6O2/c1-5-6(2,3)4;1-3-5-4-2;1-2(4)3(5)6;3-1-2-4/h5H2,1-4H3;3-4H2,1-2H3;4-6H2,1H3;3-4H,1-2H2. The highest BCUT2D eigenvalue weighted by Gasteiger charge is 2.03. The molecule has 0 unspecified atom stereocenters. The van der Waals surface area contributed by atoms with Crippen LogP contribution in [0.4, 0.5) is 0 Å². The van der Waals surface area contributed by atoms with Gasteiger partial charge in [-0.25, -0.2) is 0 Å². The first kappa shape index (κ1) is 28.2. The number of hydrogen-bond acceptors (Lipinski definition) is 6. The molecule has 0 amide bonds. The van der Waals surface area contributed by atoms with Crippen LogP contribution in [0.2, 0.25) is 0 Å². The van der Waals surface area contributed by atoms with Gasteiger partial charge in [0.1, 0.15) is 5.82 Å². The van der Waals surface area contributed by atoms with Crippen molar-refractivity contribution in [2.24, 2.45) is 22.6 Å². The molecule has 0 aliphatic heterocycles. The fourth-order valence-electron chi connectivity index (χ4n) is 0.204. The Bertz CT molecular complexity index is 193. The lowest BCUT2D eigenvalue weighted by molar-refractivity contribution is 0.162. The Hall–Kier alpha value is -0.980. The van der Waals surface area contributed by atoms with Gasteiger partial charge in [0.2, 0.25) is 0 Å². The van der Waals surface area contributed by atoms with Crippen molar-refractivity contribution in [2.45, 2.75) is 54.9 Å². The first-order valence-corrected chi connectivity index (χ1v) is 7.30. The predicted molar refractivity (Wildman–Crippen MR) is 91.3 cm³/mol. The van der Waals surface area contributed by atoms with E-state index in [1.165, 1.54) is 6.42 Å². The van der Waals surface area contributed by atoms with Gasteiger partial charge in [0.25, 0.3) is 0 Å². The van der Waals surface area contributed by atoms with Crippen LogP contribution in [-0.2, 0) is 4.74 Å². The van der Waals surface area contributed by atoms with Gasteiger partial charge in [-0.15, -0.1) is 0 Å². The number of ether oxygens (including phenoxy) is 1. The van der Waals surface area contributed by atoms with E-state index in [4.69, 9.17) is 32.2 Å². The molecule has 0 spiro atoms. The van der Waals surface area contributed by atoms with E-state index >= 15 is 0 Å². The van der Waals surface area contributed by atoms with Crippen molar-refractivity contribution in [1.29, 1.82) is 0 Å². The first-order chi connectivity index (χ1) is 9.53. The highest BCUT2D eigenvalue weighted by molar-refractivity contribution is 4.98. The second kappa shape index (κ2) is 21.3. The summed E-state index contributed by atoms with van der Waals surface area (Å²) in [7, 11) is 0. The first-order valence-electron chi connectivity index (χ1n) is 7.30. The highest BCUT2D eigenvalue weighted by Crippen LogP contribution is 2.16. The largest absolute Gasteiger partial charge is 0.399 e. The van der Waals surface area contributed by atoms with Crippen molar-refractivity contribution in [1.82, 2.24) is 0 Å². The maximum absolute atomic E-state index is 7.62. The van der Waals surface area contributed by atoms with Crippen molar-refractivity contribution in [3.8, 4) is 0 Å². The second-order valence-corrected chi connectivity index (χ2v) is 5.28. The Morgan fingerprint density at radius 1 is 0.905 bits per heavy atom. The summed E-state index contributed by atoms with van der Waals surface area (Å²) in [5.41, 5.74) is 16.0. The van der Waals surface area contributed by atoms with Crippen LogP contribution in [0.5, 0.6) is 0 Å². The Labute approximate surface area is 131 Å². The molecule has 0 rings (SSSR count). The van der Waals surface area contributed by atoms with Crippen molar-refractivity contribution in [2.75, 3.05) is 26.4 Å². The Morgan fingerprint density at radius 2 is 1.14 bits per heavy atom. The molecule has 0 aliphatic rings. The Kier molecular flexibility index (Phi) is 28.7. The molecule has 0 fully saturated rings. The zero-order chi connectivity index (χ0) is 17.9. The number of aliphatic hydroxyl groups excluding tert-OH is 2. The van der Waals surface area contributed by atoms with Crippen LogP contribution >= 0.6 is 0 Å². The molecular weight excluding hydrogens is 270 g/mol. The summed E-state index contributed by atoms with van der Waals surface area (Å²) in [5, 5.41) is 15.2. The topological polar surface area (TPSA) is 128 Å². The summed E-state index contributed by atoms with van der Waals surface area (Å²) in [6.45, 7) is 16.0. The molecule has 21 heavy (non-hydrogen) atoms. The van der Waals surface area contributed by atoms with E-state index in [1.54, 1.807) is 6.92 Å². The van der Waals surface area contributed by atoms with Crippen molar-refractivity contribution in [3.63, 3.8) is 0 Å². The summed E-state index contributed by atoms with van der Waals surface area (Å²) in [4.78, 5) is 0. The molecule has 0 aromatic carbocycles. The minimum absolute atomic E-state index is 0.125. The van der Waals surface area contributed by atoms with Gasteiger partial charge >= 0.3 is 0 Å². The van der Waals surface area contributed by atoms with Gasteiger partial charge in [0.05, 0.1) is 13.2 Å². The molecule has 0 radical (unpaired) electrons. The van der Waals surface area contributed by atoms with E-state index in [1.807, 2.05) is 13.8 Å². The zero-order valence-electron chi connectivity index (χ0n) is 15.1. The molecule has 132 valence electrons. The monoisotopic (exact) mass is 309 g/mol. The van der Waals surface area contributed by atoms with E-state index in [0.717, 1.165) is 13.2 Å². The lowest BCUT2D eigenvalue weighted by atomic mass is 9.94. The fraction of sp³-hybridized carbons (Fsp3) is 0.867. The molecule has 0 heterocycles. The minimum Gasteiger partial charge on any atom is -0.399 e. The minimum atomic E-state index is -0.125. The molecule has 0 atom stereocenters. The number of allylic oxidation sites excluding steroid dienone is 1. The summed E-state index contributed by atoms with van der Waals surface area (Å²) >= 11 is 0. The van der Waals surface area contributed by atoms with Gasteiger partial charge in [0.15, 0.2) is 0 Å². The maximum Gasteiger partial charge on any atom is 0.112 e. The third-order valence-electron chi connectivity index (χ3n) is 2.02. The third-order valence-corrected chi connectivity index (χ3v) is 2.02. The predicted octanol–water partition coefficient (Wildman–Crippen LogP) is 1.51. The molecule has 0 saturated carbocycles. The van der Waals surface area contributed by atoms with Gasteiger partial charge in [-0.05, 0) is 26.2 Å².